The first-order valence-corrected chi connectivity index (χ1v) is 14.2. The number of rotatable bonds is 11. The first-order valence-electron chi connectivity index (χ1n) is 8.78. The van der Waals surface area contributed by atoms with Crippen LogP contribution in [0.25, 0.3) is 10.6 Å². The van der Waals surface area contributed by atoms with Gasteiger partial charge in [0.15, 0.2) is 0 Å². The zero-order valence-electron chi connectivity index (χ0n) is 15.6. The van der Waals surface area contributed by atoms with Crippen LogP contribution in [0.4, 0.5) is 0 Å². The van der Waals surface area contributed by atoms with Crippen LogP contribution in [0.15, 0.2) is 46.9 Å². The third-order valence-corrected chi connectivity index (χ3v) is 6.63. The minimum atomic E-state index is -0.221. The topological polar surface area (TPSA) is 28.2 Å². The average molecular weight is 483 g/mol. The Labute approximate surface area is 157 Å². The molecule has 0 heterocycles. The first kappa shape index (κ1) is 25.0. The SMILES string of the molecule is C=CCCC[N-]CC.C=CCCC[N-]CC.[CH3][Hf+2][C]1=CC=CC1. The molecule has 0 atom stereocenters. The second-order valence-electron chi connectivity index (χ2n) is 4.96. The monoisotopic (exact) mass is 484 g/mol. The standard InChI is InChI=1S/2C7H14N.C5H5.CH3.Hf/c2*1-3-5-6-7-8-4-2;1-2-4-5-3-1;;/h2*3H,1,4-7H2,2H3;1-3H,4H2;1H3;/q2*-1;;;+2. The molecule has 1 aliphatic rings. The fourth-order valence-corrected chi connectivity index (χ4v) is 3.74. The minimum absolute atomic E-state index is 0.221. The zero-order valence-corrected chi connectivity index (χ0v) is 19.2. The maximum absolute atomic E-state index is 4.16. The van der Waals surface area contributed by atoms with Crippen molar-refractivity contribution in [2.24, 2.45) is 0 Å². The number of allylic oxidation sites excluding steroid dienone is 6. The second kappa shape index (κ2) is 24.0. The van der Waals surface area contributed by atoms with Gasteiger partial charge in [0.2, 0.25) is 0 Å². The van der Waals surface area contributed by atoms with E-state index in [1.165, 1.54) is 6.42 Å². The summed E-state index contributed by atoms with van der Waals surface area (Å²) in [5.41, 5.74) is 0. The Morgan fingerprint density at radius 2 is 1.57 bits per heavy atom. The fourth-order valence-electron chi connectivity index (χ4n) is 1.64. The summed E-state index contributed by atoms with van der Waals surface area (Å²) in [5, 5.41) is 8.32. The Morgan fingerprint density at radius 1 is 1.04 bits per heavy atom. The second-order valence-corrected chi connectivity index (χ2v) is 9.07. The van der Waals surface area contributed by atoms with E-state index in [0.29, 0.717) is 0 Å². The van der Waals surface area contributed by atoms with Crippen LogP contribution in [0.1, 0.15) is 46.0 Å². The van der Waals surface area contributed by atoms with Gasteiger partial charge in [-0.2, -0.15) is 13.1 Å². The molecule has 0 amide bonds. The molecule has 3 heteroatoms. The number of nitrogens with zero attached hydrogens (tertiary/aromatic N) is 2. The van der Waals surface area contributed by atoms with Gasteiger partial charge in [0.05, 0.1) is 0 Å². The summed E-state index contributed by atoms with van der Waals surface area (Å²) in [6.07, 6.45) is 16.4. The van der Waals surface area contributed by atoms with Crippen molar-refractivity contribution in [3.8, 4) is 0 Å². The molecular formula is C20H36HfN2. The van der Waals surface area contributed by atoms with Crippen molar-refractivity contribution in [1.82, 2.24) is 0 Å². The van der Waals surface area contributed by atoms with Crippen molar-refractivity contribution in [2.75, 3.05) is 26.2 Å². The Bertz CT molecular complexity index is 293. The summed E-state index contributed by atoms with van der Waals surface area (Å²) < 4.78 is 4.14. The van der Waals surface area contributed by atoms with E-state index in [-0.39, 0.29) is 22.9 Å². The predicted molar refractivity (Wildman–Crippen MR) is 104 cm³/mol. The van der Waals surface area contributed by atoms with Crippen molar-refractivity contribution >= 4 is 0 Å². The summed E-state index contributed by atoms with van der Waals surface area (Å²) in [4.78, 5) is 0. The Morgan fingerprint density at radius 3 is 1.83 bits per heavy atom. The molecule has 0 aromatic rings. The van der Waals surface area contributed by atoms with Gasteiger partial charge in [0.1, 0.15) is 0 Å². The molecular weight excluding hydrogens is 447 g/mol. The predicted octanol–water partition coefficient (Wildman–Crippen LogP) is 6.65. The summed E-state index contributed by atoms with van der Waals surface area (Å²) in [5.74, 6) is 0. The average Bonchev–Trinajstić information content (AvgIpc) is 3.11. The fraction of sp³-hybridized carbons (Fsp3) is 0.600. The van der Waals surface area contributed by atoms with Crippen molar-refractivity contribution in [2.45, 2.75) is 50.6 Å². The van der Waals surface area contributed by atoms with Crippen LogP contribution in [0.3, 0.4) is 0 Å². The van der Waals surface area contributed by atoms with E-state index < -0.39 is 0 Å². The molecule has 0 unspecified atom stereocenters. The Hall–Kier alpha value is -0.250. The van der Waals surface area contributed by atoms with E-state index in [1.54, 1.807) is 3.33 Å². The first-order chi connectivity index (χ1) is 11.3. The number of hydrogen-bond donors (Lipinski definition) is 0. The maximum atomic E-state index is 4.16. The molecule has 0 saturated carbocycles. The third kappa shape index (κ3) is 24.1. The van der Waals surface area contributed by atoms with Gasteiger partial charge >= 0.3 is 55.6 Å². The molecule has 2 nitrogen and oxygen atoms in total. The quantitative estimate of drug-likeness (QED) is 0.179. The summed E-state index contributed by atoms with van der Waals surface area (Å²) >= 11 is -0.221. The van der Waals surface area contributed by atoms with E-state index in [1.807, 2.05) is 12.2 Å². The molecule has 1 aliphatic carbocycles. The summed E-state index contributed by atoms with van der Waals surface area (Å²) in [6, 6.07) is 0. The van der Waals surface area contributed by atoms with E-state index in [4.69, 9.17) is 0 Å². The van der Waals surface area contributed by atoms with Gasteiger partial charge in [0.25, 0.3) is 0 Å². The van der Waals surface area contributed by atoms with E-state index in [0.717, 1.165) is 51.9 Å². The van der Waals surface area contributed by atoms with Crippen LogP contribution >= 0.6 is 0 Å². The Balaban J connectivity index is 0. The van der Waals surface area contributed by atoms with Crippen molar-refractivity contribution in [1.29, 1.82) is 0 Å². The molecule has 0 bridgehead atoms. The van der Waals surface area contributed by atoms with Crippen molar-refractivity contribution in [3.05, 3.63) is 57.5 Å². The van der Waals surface area contributed by atoms with Crippen LogP contribution in [-0.2, 0) is 22.9 Å². The van der Waals surface area contributed by atoms with Crippen LogP contribution in [0, 0.1) is 0 Å². The normalized spacial score (nSPS) is 11.3. The zero-order chi connectivity index (χ0) is 17.6. The van der Waals surface area contributed by atoms with Crippen molar-refractivity contribution in [3.63, 3.8) is 0 Å². The molecule has 0 aliphatic heterocycles. The van der Waals surface area contributed by atoms with E-state index in [9.17, 15) is 0 Å². The molecule has 0 spiro atoms. The number of hydrogen-bond acceptors (Lipinski definition) is 0. The summed E-state index contributed by atoms with van der Waals surface area (Å²) in [6.45, 7) is 15.3. The van der Waals surface area contributed by atoms with E-state index >= 15 is 0 Å². The van der Waals surface area contributed by atoms with Crippen LogP contribution < -0.4 is 0 Å². The van der Waals surface area contributed by atoms with Gasteiger partial charge in [-0.25, -0.2) is 0 Å². The molecule has 0 aromatic carbocycles. The van der Waals surface area contributed by atoms with Crippen LogP contribution in [0.2, 0.25) is 4.68 Å². The molecule has 23 heavy (non-hydrogen) atoms. The van der Waals surface area contributed by atoms with Gasteiger partial charge in [-0.15, -0.1) is 26.2 Å². The van der Waals surface area contributed by atoms with Crippen molar-refractivity contribution < 1.29 is 22.9 Å². The van der Waals surface area contributed by atoms with Gasteiger partial charge in [0, 0.05) is 0 Å². The van der Waals surface area contributed by atoms with Crippen LogP contribution in [-0.4, -0.2) is 26.2 Å². The molecule has 0 fully saturated rings. The molecule has 0 N–H and O–H groups in total. The van der Waals surface area contributed by atoms with Gasteiger partial charge < -0.3 is 10.6 Å². The van der Waals surface area contributed by atoms with Gasteiger partial charge in [-0.1, -0.05) is 38.8 Å². The Kier molecular flexibility index (Phi) is 26.1. The van der Waals surface area contributed by atoms with Gasteiger partial charge in [-0.3, -0.25) is 0 Å². The van der Waals surface area contributed by atoms with Gasteiger partial charge in [-0.05, 0) is 12.8 Å². The van der Waals surface area contributed by atoms with Crippen LogP contribution in [0.5, 0.6) is 0 Å². The third-order valence-electron chi connectivity index (χ3n) is 2.99. The summed E-state index contributed by atoms with van der Waals surface area (Å²) in [7, 11) is 0. The molecule has 130 valence electrons. The molecule has 0 radical (unpaired) electrons. The number of unbranched alkanes of at least 4 members (excludes halogenated alkanes) is 2. The molecule has 1 rings (SSSR count). The van der Waals surface area contributed by atoms with E-state index in [2.05, 4.69) is 60.5 Å². The molecule has 0 saturated heterocycles. The molecule has 0 aromatic heterocycles.